The second-order valence-corrected chi connectivity index (χ2v) is 9.71. The lowest BCUT2D eigenvalue weighted by atomic mass is 9.85. The molecule has 1 fully saturated rings. The van der Waals surface area contributed by atoms with Crippen LogP contribution in [0.25, 0.3) is 0 Å². The lowest BCUT2D eigenvalue weighted by Gasteiger charge is -2.31. The average molecular weight is 381 g/mol. The van der Waals surface area contributed by atoms with E-state index >= 15 is 0 Å². The van der Waals surface area contributed by atoms with E-state index in [9.17, 15) is 13.2 Å². The fraction of sp³-hybridized carbons (Fsp3) is 0.650. The Bertz CT molecular complexity index is 698. The molecule has 2 rings (SSSR count). The lowest BCUT2D eigenvalue weighted by Crippen LogP contribution is -2.51. The number of rotatable bonds is 7. The van der Waals surface area contributed by atoms with Gasteiger partial charge < -0.3 is 5.32 Å². The van der Waals surface area contributed by atoms with Crippen molar-refractivity contribution in [2.45, 2.75) is 76.8 Å². The first-order valence-corrected chi connectivity index (χ1v) is 11.1. The maximum atomic E-state index is 12.8. The normalized spacial score (nSPS) is 22.2. The van der Waals surface area contributed by atoms with Crippen LogP contribution in [0, 0.1) is 18.8 Å². The van der Waals surface area contributed by atoms with E-state index in [1.807, 2.05) is 20.8 Å². The van der Waals surface area contributed by atoms with Gasteiger partial charge in [0.1, 0.15) is 6.04 Å². The highest BCUT2D eigenvalue weighted by Crippen LogP contribution is 2.24. The van der Waals surface area contributed by atoms with E-state index in [0.29, 0.717) is 12.3 Å². The van der Waals surface area contributed by atoms with Crippen LogP contribution < -0.4 is 10.0 Å². The first-order valence-electron chi connectivity index (χ1n) is 9.58. The second kappa shape index (κ2) is 9.00. The smallest absolute Gasteiger partial charge is 0.241 e. The van der Waals surface area contributed by atoms with Gasteiger partial charge in [-0.3, -0.25) is 4.79 Å². The fourth-order valence-corrected chi connectivity index (χ4v) is 4.68. The number of nitrogens with one attached hydrogen (secondary N) is 2. The number of carbonyl (C=O) groups is 1. The first-order chi connectivity index (χ1) is 12.2. The van der Waals surface area contributed by atoms with Crippen LogP contribution in [0.4, 0.5) is 0 Å². The molecule has 0 aromatic heterocycles. The van der Waals surface area contributed by atoms with Crippen LogP contribution >= 0.6 is 0 Å². The summed E-state index contributed by atoms with van der Waals surface area (Å²) in [6.07, 6.45) is 4.85. The summed E-state index contributed by atoms with van der Waals surface area (Å²) in [4.78, 5) is 13.0. The van der Waals surface area contributed by atoms with E-state index in [1.54, 1.807) is 24.3 Å². The SMILES string of the molecule is Cc1ccc(S(=O)(=O)N[C@@H](CC(C)C)C(=O)N[C@H]2CCCC[C@H]2C)cc1. The second-order valence-electron chi connectivity index (χ2n) is 7.99. The molecule has 1 aromatic carbocycles. The van der Waals surface area contributed by atoms with Crippen LogP contribution in [0.3, 0.4) is 0 Å². The van der Waals surface area contributed by atoms with Crippen molar-refractivity contribution < 1.29 is 13.2 Å². The number of hydrogen-bond donors (Lipinski definition) is 2. The van der Waals surface area contributed by atoms with Crippen LogP contribution in [-0.2, 0) is 14.8 Å². The van der Waals surface area contributed by atoms with Crippen molar-refractivity contribution in [2.75, 3.05) is 0 Å². The Balaban J connectivity index is 2.12. The van der Waals surface area contributed by atoms with Crippen molar-refractivity contribution in [3.05, 3.63) is 29.8 Å². The molecule has 3 atom stereocenters. The van der Waals surface area contributed by atoms with Gasteiger partial charge in [-0.05, 0) is 50.2 Å². The van der Waals surface area contributed by atoms with Crippen LogP contribution in [0.1, 0.15) is 58.4 Å². The molecule has 0 radical (unpaired) electrons. The number of hydrogen-bond acceptors (Lipinski definition) is 3. The van der Waals surface area contributed by atoms with Gasteiger partial charge in [0.05, 0.1) is 4.90 Å². The summed E-state index contributed by atoms with van der Waals surface area (Å²) >= 11 is 0. The zero-order valence-corrected chi connectivity index (χ0v) is 17.1. The van der Waals surface area contributed by atoms with Crippen LogP contribution in [0.5, 0.6) is 0 Å². The van der Waals surface area contributed by atoms with Crippen molar-refractivity contribution in [1.82, 2.24) is 10.0 Å². The molecular weight excluding hydrogens is 348 g/mol. The van der Waals surface area contributed by atoms with Crippen molar-refractivity contribution in [3.63, 3.8) is 0 Å². The number of carbonyl (C=O) groups excluding carboxylic acids is 1. The van der Waals surface area contributed by atoms with Crippen molar-refractivity contribution in [3.8, 4) is 0 Å². The molecule has 1 amide bonds. The predicted molar refractivity (Wildman–Crippen MR) is 104 cm³/mol. The van der Waals surface area contributed by atoms with Crippen molar-refractivity contribution >= 4 is 15.9 Å². The fourth-order valence-electron chi connectivity index (χ4n) is 3.47. The molecule has 0 unspecified atom stereocenters. The molecule has 1 aromatic rings. The van der Waals surface area contributed by atoms with Gasteiger partial charge in [0.2, 0.25) is 15.9 Å². The minimum absolute atomic E-state index is 0.134. The van der Waals surface area contributed by atoms with E-state index in [2.05, 4.69) is 17.0 Å². The summed E-state index contributed by atoms with van der Waals surface area (Å²) in [6, 6.07) is 6.05. The Morgan fingerprint density at radius 1 is 1.15 bits per heavy atom. The van der Waals surface area contributed by atoms with E-state index in [1.165, 1.54) is 6.42 Å². The minimum Gasteiger partial charge on any atom is -0.352 e. The molecule has 0 spiro atoms. The van der Waals surface area contributed by atoms with E-state index in [4.69, 9.17) is 0 Å². The number of aryl methyl sites for hydroxylation is 1. The third-order valence-electron chi connectivity index (χ3n) is 5.09. The highest BCUT2D eigenvalue weighted by atomic mass is 32.2. The molecule has 146 valence electrons. The van der Waals surface area contributed by atoms with E-state index in [-0.39, 0.29) is 22.8 Å². The largest absolute Gasteiger partial charge is 0.352 e. The summed E-state index contributed by atoms with van der Waals surface area (Å²) < 4.78 is 28.0. The van der Waals surface area contributed by atoms with Crippen LogP contribution in [0.2, 0.25) is 0 Å². The topological polar surface area (TPSA) is 75.3 Å². The highest BCUT2D eigenvalue weighted by Gasteiger charge is 2.30. The molecule has 1 aliphatic rings. The minimum atomic E-state index is -3.73. The van der Waals surface area contributed by atoms with Gasteiger partial charge in [0.15, 0.2) is 0 Å². The molecule has 0 saturated heterocycles. The number of benzene rings is 1. The maximum Gasteiger partial charge on any atom is 0.241 e. The highest BCUT2D eigenvalue weighted by molar-refractivity contribution is 7.89. The van der Waals surface area contributed by atoms with Gasteiger partial charge in [0.25, 0.3) is 0 Å². The molecule has 2 N–H and O–H groups in total. The van der Waals surface area contributed by atoms with E-state index in [0.717, 1.165) is 24.8 Å². The summed E-state index contributed by atoms with van der Waals surface area (Å²) in [5.41, 5.74) is 0.992. The van der Waals surface area contributed by atoms with E-state index < -0.39 is 16.1 Å². The summed E-state index contributed by atoms with van der Waals surface area (Å²) in [5.74, 6) is 0.421. The zero-order chi connectivity index (χ0) is 19.3. The molecular formula is C20H32N2O3S. The summed E-state index contributed by atoms with van der Waals surface area (Å²) in [6.45, 7) is 8.04. The van der Waals surface area contributed by atoms with Gasteiger partial charge in [-0.25, -0.2) is 8.42 Å². The van der Waals surface area contributed by atoms with Crippen LogP contribution in [-0.4, -0.2) is 26.4 Å². The van der Waals surface area contributed by atoms with Crippen molar-refractivity contribution in [1.29, 1.82) is 0 Å². The molecule has 0 bridgehead atoms. The van der Waals surface area contributed by atoms with Gasteiger partial charge in [-0.2, -0.15) is 4.72 Å². The molecule has 0 heterocycles. The van der Waals surface area contributed by atoms with Gasteiger partial charge >= 0.3 is 0 Å². The quantitative estimate of drug-likeness (QED) is 0.761. The third-order valence-corrected chi connectivity index (χ3v) is 6.58. The standard InChI is InChI=1S/C20H32N2O3S/c1-14(2)13-19(20(23)21-18-8-6-5-7-16(18)4)22-26(24,25)17-11-9-15(3)10-12-17/h9-12,14,16,18-19,22H,5-8,13H2,1-4H3,(H,21,23)/t16-,18+,19+/m1/s1. The number of amides is 1. The monoisotopic (exact) mass is 380 g/mol. The lowest BCUT2D eigenvalue weighted by molar-refractivity contribution is -0.124. The Kier molecular flexibility index (Phi) is 7.24. The number of sulfonamides is 1. The molecule has 1 aliphatic carbocycles. The van der Waals surface area contributed by atoms with Gasteiger partial charge in [-0.1, -0.05) is 51.3 Å². The third kappa shape index (κ3) is 5.81. The predicted octanol–water partition coefficient (Wildman–Crippen LogP) is 3.38. The molecule has 6 heteroatoms. The molecule has 0 aliphatic heterocycles. The van der Waals surface area contributed by atoms with Gasteiger partial charge in [-0.15, -0.1) is 0 Å². The Hall–Kier alpha value is -1.40. The summed E-state index contributed by atoms with van der Waals surface area (Å²) in [7, 11) is -3.73. The Labute approximate surface area is 158 Å². The first kappa shape index (κ1) is 20.9. The zero-order valence-electron chi connectivity index (χ0n) is 16.3. The molecule has 1 saturated carbocycles. The van der Waals surface area contributed by atoms with Crippen molar-refractivity contribution in [2.24, 2.45) is 11.8 Å². The summed E-state index contributed by atoms with van der Waals surface area (Å²) in [5, 5.41) is 3.09. The Morgan fingerprint density at radius 3 is 2.35 bits per heavy atom. The Morgan fingerprint density at radius 2 is 1.77 bits per heavy atom. The van der Waals surface area contributed by atoms with Gasteiger partial charge in [0, 0.05) is 6.04 Å². The maximum absolute atomic E-state index is 12.8. The molecule has 26 heavy (non-hydrogen) atoms. The molecule has 5 nitrogen and oxygen atoms in total. The van der Waals surface area contributed by atoms with Crippen LogP contribution in [0.15, 0.2) is 29.2 Å². The average Bonchev–Trinajstić information content (AvgIpc) is 2.56.